The molecule has 7 heavy (non-hydrogen) atoms. The van der Waals surface area contributed by atoms with Crippen LogP contribution in [0.25, 0.3) is 0 Å². The topological polar surface area (TPSA) is 0 Å². The van der Waals surface area contributed by atoms with Gasteiger partial charge < -0.3 is 13.2 Å². The molecule has 0 saturated heterocycles. The molecule has 0 radical (unpaired) electrons. The van der Waals surface area contributed by atoms with Crippen molar-refractivity contribution in [2.75, 3.05) is 0 Å². The predicted octanol–water partition coefficient (Wildman–Crippen LogP) is 1.99. The SMILES string of the molecule is [CH-]=CC.[CH-]=CC.[Cd+2]. The van der Waals surface area contributed by atoms with E-state index < -0.39 is 0 Å². The first-order valence-corrected chi connectivity index (χ1v) is 1.82. The largest absolute Gasteiger partial charge is 2.00 e. The zero-order valence-electron chi connectivity index (χ0n) is 5.02. The van der Waals surface area contributed by atoms with E-state index in [1.807, 2.05) is 0 Å². The third-order valence-electron chi connectivity index (χ3n) is 0. The van der Waals surface area contributed by atoms with E-state index in [0.717, 1.165) is 0 Å². The maximum absolute atomic E-state index is 4.72. The first-order valence-electron chi connectivity index (χ1n) is 1.82. The van der Waals surface area contributed by atoms with E-state index in [-0.39, 0.29) is 27.3 Å². The van der Waals surface area contributed by atoms with Gasteiger partial charge in [-0.3, -0.25) is 12.2 Å². The maximum Gasteiger partial charge on any atom is 2.00 e. The van der Waals surface area contributed by atoms with Crippen molar-refractivity contribution in [1.29, 1.82) is 0 Å². The van der Waals surface area contributed by atoms with Crippen molar-refractivity contribution in [3.05, 3.63) is 25.3 Å². The van der Waals surface area contributed by atoms with Crippen LogP contribution in [0.4, 0.5) is 0 Å². The summed E-state index contributed by atoms with van der Waals surface area (Å²) >= 11 is 0. The number of allylic oxidation sites excluding steroid dienone is 2. The van der Waals surface area contributed by atoms with Crippen LogP contribution in [0.3, 0.4) is 0 Å². The molecule has 0 spiro atoms. The van der Waals surface area contributed by atoms with Crippen LogP contribution in [0, 0.1) is 13.2 Å². The third kappa shape index (κ3) is 767. The van der Waals surface area contributed by atoms with Gasteiger partial charge in [-0.15, -0.1) is 0 Å². The first kappa shape index (κ1) is 15.7. The molecule has 0 aromatic heterocycles. The van der Waals surface area contributed by atoms with Gasteiger partial charge in [-0.2, -0.15) is 0 Å². The van der Waals surface area contributed by atoms with Crippen molar-refractivity contribution in [3.63, 3.8) is 0 Å². The molecule has 36 valence electrons. The Morgan fingerprint density at radius 3 is 1.00 bits per heavy atom. The Kier molecular flexibility index (Phi) is 72.4. The van der Waals surface area contributed by atoms with E-state index in [9.17, 15) is 0 Å². The van der Waals surface area contributed by atoms with Gasteiger partial charge in [-0.05, 0) is 0 Å². The average molecular weight is 195 g/mol. The van der Waals surface area contributed by atoms with Gasteiger partial charge in [0.2, 0.25) is 0 Å². The molecule has 0 nitrogen and oxygen atoms in total. The van der Waals surface area contributed by atoms with Crippen molar-refractivity contribution in [1.82, 2.24) is 0 Å². The summed E-state index contributed by atoms with van der Waals surface area (Å²) in [5.74, 6) is 0. The molecule has 0 aliphatic heterocycles. The Labute approximate surface area is 66.5 Å². The van der Waals surface area contributed by atoms with E-state index >= 15 is 0 Å². The number of hydrogen-bond acceptors (Lipinski definition) is 0. The normalized spacial score (nSPS) is 3.71. The summed E-state index contributed by atoms with van der Waals surface area (Å²) in [6.45, 7) is 13.0. The summed E-state index contributed by atoms with van der Waals surface area (Å²) in [6.07, 6.45) is 3.00. The summed E-state index contributed by atoms with van der Waals surface area (Å²) in [5, 5.41) is 0. The number of hydrogen-bond donors (Lipinski definition) is 0. The van der Waals surface area contributed by atoms with Crippen LogP contribution in [0.15, 0.2) is 12.2 Å². The van der Waals surface area contributed by atoms with Crippen LogP contribution in [0.2, 0.25) is 0 Å². The van der Waals surface area contributed by atoms with Crippen LogP contribution in [-0.4, -0.2) is 0 Å². The van der Waals surface area contributed by atoms with Crippen molar-refractivity contribution in [2.24, 2.45) is 0 Å². The molecule has 0 aromatic rings. The Morgan fingerprint density at radius 2 is 1.00 bits per heavy atom. The fourth-order valence-corrected chi connectivity index (χ4v) is 0. The van der Waals surface area contributed by atoms with Gasteiger partial charge in [0, 0.05) is 0 Å². The standard InChI is InChI=1S/2C3H5.Cd/c2*1-3-2;/h2*1,3H,2H3;/q2*-1;+2. The molecular weight excluding hydrogens is 184 g/mol. The van der Waals surface area contributed by atoms with Crippen LogP contribution in [0.5, 0.6) is 0 Å². The molecule has 0 N–H and O–H groups in total. The van der Waals surface area contributed by atoms with Crippen LogP contribution >= 0.6 is 0 Å². The molecule has 0 rings (SSSR count). The molecule has 0 aliphatic rings. The Hall–Kier alpha value is 0.402. The van der Waals surface area contributed by atoms with Crippen molar-refractivity contribution < 1.29 is 27.3 Å². The van der Waals surface area contributed by atoms with E-state index in [1.54, 1.807) is 13.8 Å². The smallest absolute Gasteiger partial charge is 0.518 e. The van der Waals surface area contributed by atoms with Gasteiger partial charge >= 0.3 is 27.3 Å². The molecule has 0 amide bonds. The Balaban J connectivity index is -0.0000000400. The molecule has 0 aromatic carbocycles. The second kappa shape index (κ2) is 32.4. The zero-order chi connectivity index (χ0) is 5.41. The predicted molar refractivity (Wildman–Crippen MR) is 29.1 cm³/mol. The van der Waals surface area contributed by atoms with Crippen molar-refractivity contribution in [3.8, 4) is 0 Å². The average Bonchev–Trinajstić information content (AvgIpc) is 1.39. The van der Waals surface area contributed by atoms with Gasteiger partial charge in [0.05, 0.1) is 0 Å². The van der Waals surface area contributed by atoms with Crippen LogP contribution < -0.4 is 0 Å². The van der Waals surface area contributed by atoms with Gasteiger partial charge in [0.1, 0.15) is 0 Å². The molecule has 0 aliphatic carbocycles. The van der Waals surface area contributed by atoms with Gasteiger partial charge in [-0.1, -0.05) is 13.8 Å². The molecule has 0 bridgehead atoms. The first-order chi connectivity index (χ1) is 2.83. The monoisotopic (exact) mass is 196 g/mol. The van der Waals surface area contributed by atoms with E-state index in [4.69, 9.17) is 13.2 Å². The second-order valence-electron chi connectivity index (χ2n) is 0.667. The summed E-state index contributed by atoms with van der Waals surface area (Å²) in [5.41, 5.74) is 0. The summed E-state index contributed by atoms with van der Waals surface area (Å²) in [6, 6.07) is 0. The van der Waals surface area contributed by atoms with Gasteiger partial charge in [-0.25, -0.2) is 0 Å². The van der Waals surface area contributed by atoms with Crippen LogP contribution in [0.1, 0.15) is 13.8 Å². The summed E-state index contributed by atoms with van der Waals surface area (Å²) < 4.78 is 0. The van der Waals surface area contributed by atoms with Crippen molar-refractivity contribution in [2.45, 2.75) is 13.8 Å². The molecule has 0 unspecified atom stereocenters. The molecular formula is C6H10Cd. The fraction of sp³-hybridized carbons (Fsp3) is 0.333. The summed E-state index contributed by atoms with van der Waals surface area (Å²) in [4.78, 5) is 0. The van der Waals surface area contributed by atoms with E-state index in [2.05, 4.69) is 0 Å². The van der Waals surface area contributed by atoms with Crippen molar-refractivity contribution >= 4 is 0 Å². The van der Waals surface area contributed by atoms with Gasteiger partial charge in [0.15, 0.2) is 0 Å². The summed E-state index contributed by atoms with van der Waals surface area (Å²) in [7, 11) is 0. The minimum absolute atomic E-state index is 0. The molecule has 0 saturated carbocycles. The van der Waals surface area contributed by atoms with E-state index in [0.29, 0.717) is 0 Å². The fourth-order valence-electron chi connectivity index (χ4n) is 0. The molecule has 0 atom stereocenters. The Bertz CT molecular complexity index is 25.2. The minimum atomic E-state index is 0. The van der Waals surface area contributed by atoms with E-state index in [1.165, 1.54) is 12.2 Å². The molecule has 1 heteroatoms. The quantitative estimate of drug-likeness (QED) is 0.409. The minimum Gasteiger partial charge on any atom is -0.518 e. The molecule has 0 fully saturated rings. The second-order valence-corrected chi connectivity index (χ2v) is 0.667. The Morgan fingerprint density at radius 1 is 1.00 bits per heavy atom. The molecule has 0 heterocycles. The zero-order valence-corrected chi connectivity index (χ0v) is 9.05. The maximum atomic E-state index is 4.72. The van der Waals surface area contributed by atoms with Crippen LogP contribution in [-0.2, 0) is 27.3 Å². The van der Waals surface area contributed by atoms with Gasteiger partial charge in [0.25, 0.3) is 0 Å². The third-order valence-corrected chi connectivity index (χ3v) is 0. The number of rotatable bonds is 0.